The molecule has 0 fully saturated rings. The summed E-state index contributed by atoms with van der Waals surface area (Å²) < 4.78 is 5.66. The molecule has 0 saturated heterocycles. The van der Waals surface area contributed by atoms with Gasteiger partial charge in [-0.05, 0) is 43.5 Å². The maximum absolute atomic E-state index is 6.24. The van der Waals surface area contributed by atoms with Crippen molar-refractivity contribution >= 4 is 11.6 Å². The van der Waals surface area contributed by atoms with Crippen molar-refractivity contribution in [2.45, 2.75) is 40.2 Å². The van der Waals surface area contributed by atoms with Crippen molar-refractivity contribution in [1.82, 2.24) is 5.32 Å². The van der Waals surface area contributed by atoms with E-state index in [4.69, 9.17) is 16.3 Å². The summed E-state index contributed by atoms with van der Waals surface area (Å²) in [6.07, 6.45) is 1.13. The minimum Gasteiger partial charge on any atom is -0.492 e. The third-order valence-electron chi connectivity index (χ3n) is 2.73. The van der Waals surface area contributed by atoms with Crippen LogP contribution in [-0.4, -0.2) is 13.2 Å². The Kier molecular flexibility index (Phi) is 6.51. The molecular weight excluding hydrogens is 246 g/mol. The van der Waals surface area contributed by atoms with Gasteiger partial charge in [0.05, 0.1) is 11.6 Å². The zero-order valence-corrected chi connectivity index (χ0v) is 12.6. The van der Waals surface area contributed by atoms with Crippen LogP contribution in [0.5, 0.6) is 5.75 Å². The average Bonchev–Trinajstić information content (AvgIpc) is 2.34. The van der Waals surface area contributed by atoms with Gasteiger partial charge in [-0.2, -0.15) is 0 Å². The number of hydrogen-bond donors (Lipinski definition) is 1. The molecule has 1 unspecified atom stereocenters. The lowest BCUT2D eigenvalue weighted by atomic mass is 10.1. The standard InChI is InChI=1S/C15H24ClNO/c1-5-8-17-12(4)13-6-7-15(14(16)9-13)18-10-11(2)3/h6-7,9,11-12,17H,5,8,10H2,1-4H3. The first-order chi connectivity index (χ1) is 8.54. The van der Waals surface area contributed by atoms with E-state index in [1.807, 2.05) is 12.1 Å². The highest BCUT2D eigenvalue weighted by molar-refractivity contribution is 6.32. The van der Waals surface area contributed by atoms with Gasteiger partial charge in [0, 0.05) is 6.04 Å². The lowest BCUT2D eigenvalue weighted by molar-refractivity contribution is 0.271. The summed E-state index contributed by atoms with van der Waals surface area (Å²) in [6, 6.07) is 6.35. The first-order valence-corrected chi connectivity index (χ1v) is 7.08. The van der Waals surface area contributed by atoms with E-state index in [-0.39, 0.29) is 0 Å². The molecule has 1 rings (SSSR count). The second-order valence-electron chi connectivity index (χ2n) is 5.07. The molecule has 0 heterocycles. The van der Waals surface area contributed by atoms with Crippen LogP contribution in [0, 0.1) is 5.92 Å². The Labute approximate surface area is 116 Å². The number of benzene rings is 1. The third kappa shape index (κ3) is 4.87. The molecule has 1 N–H and O–H groups in total. The number of ether oxygens (including phenoxy) is 1. The van der Waals surface area contributed by atoms with Gasteiger partial charge in [-0.1, -0.05) is 38.4 Å². The fourth-order valence-corrected chi connectivity index (χ4v) is 1.88. The van der Waals surface area contributed by atoms with Crippen LogP contribution in [0.3, 0.4) is 0 Å². The minimum atomic E-state index is 0.321. The van der Waals surface area contributed by atoms with Crippen LogP contribution in [-0.2, 0) is 0 Å². The fourth-order valence-electron chi connectivity index (χ4n) is 1.64. The van der Waals surface area contributed by atoms with Crippen LogP contribution in [0.25, 0.3) is 0 Å². The molecule has 0 aliphatic rings. The van der Waals surface area contributed by atoms with Crippen molar-refractivity contribution < 1.29 is 4.74 Å². The predicted octanol–water partition coefficient (Wildman–Crippen LogP) is 4.44. The molecule has 0 spiro atoms. The van der Waals surface area contributed by atoms with Gasteiger partial charge in [0.25, 0.3) is 0 Å². The quantitative estimate of drug-likeness (QED) is 0.790. The zero-order valence-electron chi connectivity index (χ0n) is 11.8. The number of hydrogen-bond acceptors (Lipinski definition) is 2. The Hall–Kier alpha value is -0.730. The number of rotatable bonds is 7. The van der Waals surface area contributed by atoms with E-state index in [1.54, 1.807) is 0 Å². The highest BCUT2D eigenvalue weighted by atomic mass is 35.5. The maximum atomic E-state index is 6.24. The zero-order chi connectivity index (χ0) is 13.5. The molecular formula is C15H24ClNO. The van der Waals surface area contributed by atoms with E-state index in [9.17, 15) is 0 Å². The Balaban J connectivity index is 2.66. The van der Waals surface area contributed by atoms with Crippen molar-refractivity contribution in [3.05, 3.63) is 28.8 Å². The molecule has 0 radical (unpaired) electrons. The van der Waals surface area contributed by atoms with Crippen LogP contribution < -0.4 is 10.1 Å². The lowest BCUT2D eigenvalue weighted by Gasteiger charge is -2.16. The monoisotopic (exact) mass is 269 g/mol. The molecule has 0 bridgehead atoms. The van der Waals surface area contributed by atoms with Gasteiger partial charge < -0.3 is 10.1 Å². The Bertz CT molecular complexity index is 366. The third-order valence-corrected chi connectivity index (χ3v) is 3.02. The Morgan fingerprint density at radius 1 is 1.28 bits per heavy atom. The van der Waals surface area contributed by atoms with Crippen LogP contribution in [0.1, 0.15) is 45.7 Å². The van der Waals surface area contributed by atoms with E-state index >= 15 is 0 Å². The molecule has 18 heavy (non-hydrogen) atoms. The lowest BCUT2D eigenvalue weighted by Crippen LogP contribution is -2.19. The van der Waals surface area contributed by atoms with E-state index < -0.39 is 0 Å². The van der Waals surface area contributed by atoms with Crippen molar-refractivity contribution in [3.63, 3.8) is 0 Å². The normalized spacial score (nSPS) is 12.8. The molecule has 1 aromatic carbocycles. The van der Waals surface area contributed by atoms with Crippen molar-refractivity contribution in [1.29, 1.82) is 0 Å². The summed E-state index contributed by atoms with van der Waals surface area (Å²) >= 11 is 6.24. The van der Waals surface area contributed by atoms with E-state index in [0.717, 1.165) is 18.7 Å². The summed E-state index contributed by atoms with van der Waals surface area (Å²) in [6.45, 7) is 10.3. The smallest absolute Gasteiger partial charge is 0.137 e. The van der Waals surface area contributed by atoms with Gasteiger partial charge in [-0.25, -0.2) is 0 Å². The van der Waals surface area contributed by atoms with E-state index in [2.05, 4.69) is 39.1 Å². The second kappa shape index (κ2) is 7.65. The first-order valence-electron chi connectivity index (χ1n) is 6.70. The largest absolute Gasteiger partial charge is 0.492 e. The fraction of sp³-hybridized carbons (Fsp3) is 0.600. The molecule has 102 valence electrons. The van der Waals surface area contributed by atoms with Crippen molar-refractivity contribution in [2.24, 2.45) is 5.92 Å². The average molecular weight is 270 g/mol. The maximum Gasteiger partial charge on any atom is 0.137 e. The summed E-state index contributed by atoms with van der Waals surface area (Å²) in [4.78, 5) is 0. The topological polar surface area (TPSA) is 21.3 Å². The Morgan fingerprint density at radius 3 is 2.56 bits per heavy atom. The van der Waals surface area contributed by atoms with Gasteiger partial charge in [0.1, 0.15) is 5.75 Å². The number of nitrogens with one attached hydrogen (secondary N) is 1. The molecule has 2 nitrogen and oxygen atoms in total. The first kappa shape index (κ1) is 15.3. The van der Waals surface area contributed by atoms with Crippen LogP contribution in [0.2, 0.25) is 5.02 Å². The number of halogens is 1. The molecule has 0 amide bonds. The molecule has 0 aliphatic carbocycles. The minimum absolute atomic E-state index is 0.321. The van der Waals surface area contributed by atoms with E-state index in [0.29, 0.717) is 23.6 Å². The van der Waals surface area contributed by atoms with Gasteiger partial charge in [-0.15, -0.1) is 0 Å². The van der Waals surface area contributed by atoms with Crippen LogP contribution in [0.15, 0.2) is 18.2 Å². The highest BCUT2D eigenvalue weighted by Gasteiger charge is 2.08. The summed E-state index contributed by atoms with van der Waals surface area (Å²) in [5, 5.41) is 4.14. The van der Waals surface area contributed by atoms with Gasteiger partial charge in [0.15, 0.2) is 0 Å². The van der Waals surface area contributed by atoms with Gasteiger partial charge >= 0.3 is 0 Å². The molecule has 3 heteroatoms. The SMILES string of the molecule is CCCNC(C)c1ccc(OCC(C)C)c(Cl)c1. The summed E-state index contributed by atoms with van der Waals surface area (Å²) in [5.74, 6) is 1.28. The van der Waals surface area contributed by atoms with Gasteiger partial charge in [0.2, 0.25) is 0 Å². The summed E-state index contributed by atoms with van der Waals surface area (Å²) in [5.41, 5.74) is 1.20. The molecule has 1 aromatic rings. The van der Waals surface area contributed by atoms with Crippen molar-refractivity contribution in [2.75, 3.05) is 13.2 Å². The predicted molar refractivity (Wildman–Crippen MR) is 78.5 cm³/mol. The molecule has 1 atom stereocenters. The molecule has 0 saturated carbocycles. The van der Waals surface area contributed by atoms with E-state index in [1.165, 1.54) is 5.56 Å². The van der Waals surface area contributed by atoms with Crippen molar-refractivity contribution in [3.8, 4) is 5.75 Å². The van der Waals surface area contributed by atoms with Crippen LogP contribution >= 0.6 is 11.6 Å². The second-order valence-corrected chi connectivity index (χ2v) is 5.48. The van der Waals surface area contributed by atoms with Gasteiger partial charge in [-0.3, -0.25) is 0 Å². The molecule has 0 aromatic heterocycles. The summed E-state index contributed by atoms with van der Waals surface area (Å²) in [7, 11) is 0. The van der Waals surface area contributed by atoms with Crippen LogP contribution in [0.4, 0.5) is 0 Å². The molecule has 0 aliphatic heterocycles. The Morgan fingerprint density at radius 2 is 2.00 bits per heavy atom. The highest BCUT2D eigenvalue weighted by Crippen LogP contribution is 2.28.